The monoisotopic (exact) mass is 307 g/mol. The lowest BCUT2D eigenvalue weighted by Crippen LogP contribution is -2.11. The Hall–Kier alpha value is -0.350. The summed E-state index contributed by atoms with van der Waals surface area (Å²) in [6.07, 6.45) is 14.3. The molecular formula is C20H36P+. The van der Waals surface area contributed by atoms with Crippen LogP contribution in [0, 0.1) is 6.92 Å². The summed E-state index contributed by atoms with van der Waals surface area (Å²) in [7, 11) is -0.783. The van der Waals surface area contributed by atoms with Gasteiger partial charge in [0.15, 0.2) is 0 Å². The Morgan fingerprint density at radius 2 is 1.14 bits per heavy atom. The zero-order valence-electron chi connectivity index (χ0n) is 14.8. The zero-order valence-corrected chi connectivity index (χ0v) is 15.7. The molecule has 0 spiro atoms. The maximum absolute atomic E-state index is 2.38. The number of rotatable bonds is 11. The average Bonchev–Trinajstić information content (AvgIpc) is 2.51. The first-order valence-electron chi connectivity index (χ1n) is 9.06. The highest BCUT2D eigenvalue weighted by Crippen LogP contribution is 2.63. The SMILES string of the molecule is CCCC[P+](CCCC)(CCCC)Cc1ccc(C)cc1. The van der Waals surface area contributed by atoms with Crippen LogP contribution in [0.4, 0.5) is 0 Å². The Labute approximate surface area is 134 Å². The lowest BCUT2D eigenvalue weighted by molar-refractivity contribution is 0.832. The highest BCUT2D eigenvalue weighted by Gasteiger charge is 2.35. The predicted molar refractivity (Wildman–Crippen MR) is 101 cm³/mol. The molecule has 0 fully saturated rings. The quantitative estimate of drug-likeness (QED) is 0.389. The van der Waals surface area contributed by atoms with Gasteiger partial charge in [-0.25, -0.2) is 0 Å². The van der Waals surface area contributed by atoms with Gasteiger partial charge in [-0.2, -0.15) is 0 Å². The van der Waals surface area contributed by atoms with Gasteiger partial charge in [-0.3, -0.25) is 0 Å². The van der Waals surface area contributed by atoms with Crippen molar-refractivity contribution in [3.05, 3.63) is 35.4 Å². The molecule has 0 unspecified atom stereocenters. The fourth-order valence-corrected chi connectivity index (χ4v) is 8.23. The van der Waals surface area contributed by atoms with Crippen molar-refractivity contribution in [2.24, 2.45) is 0 Å². The standard InChI is InChI=1S/C20H36P/c1-5-8-15-21(16-9-6-2,17-10-7-3)18-20-13-11-19(4)12-14-20/h11-14H,5-10,15-18H2,1-4H3/q+1. The molecule has 1 rings (SSSR count). The Kier molecular flexibility index (Phi) is 9.25. The van der Waals surface area contributed by atoms with Crippen LogP contribution in [0.3, 0.4) is 0 Å². The second-order valence-corrected chi connectivity index (χ2v) is 11.1. The molecule has 0 saturated carbocycles. The van der Waals surface area contributed by atoms with Crippen molar-refractivity contribution < 1.29 is 0 Å². The normalized spacial score (nSPS) is 11.8. The van der Waals surface area contributed by atoms with Crippen LogP contribution in [0.5, 0.6) is 0 Å². The molecule has 0 aliphatic carbocycles. The van der Waals surface area contributed by atoms with Crippen LogP contribution in [0.25, 0.3) is 0 Å². The van der Waals surface area contributed by atoms with Gasteiger partial charge in [-0.05, 0) is 31.7 Å². The number of benzene rings is 1. The molecule has 0 radical (unpaired) electrons. The Morgan fingerprint density at radius 3 is 1.52 bits per heavy atom. The molecule has 0 nitrogen and oxygen atoms in total. The van der Waals surface area contributed by atoms with Crippen molar-refractivity contribution in [3.63, 3.8) is 0 Å². The molecule has 0 saturated heterocycles. The summed E-state index contributed by atoms with van der Waals surface area (Å²) in [6.45, 7) is 9.23. The van der Waals surface area contributed by atoms with Crippen LogP contribution in [0.15, 0.2) is 24.3 Å². The van der Waals surface area contributed by atoms with E-state index in [4.69, 9.17) is 0 Å². The topological polar surface area (TPSA) is 0 Å². The van der Waals surface area contributed by atoms with Crippen molar-refractivity contribution in [2.45, 2.75) is 72.4 Å². The number of unbranched alkanes of at least 4 members (excludes halogenated alkanes) is 3. The lowest BCUT2D eigenvalue weighted by atomic mass is 10.2. The van der Waals surface area contributed by atoms with Gasteiger partial charge >= 0.3 is 0 Å². The van der Waals surface area contributed by atoms with Gasteiger partial charge in [0.25, 0.3) is 0 Å². The van der Waals surface area contributed by atoms with E-state index in [1.54, 1.807) is 5.56 Å². The van der Waals surface area contributed by atoms with Crippen LogP contribution in [0.1, 0.15) is 70.4 Å². The third-order valence-electron chi connectivity index (χ3n) is 4.60. The van der Waals surface area contributed by atoms with Crippen LogP contribution < -0.4 is 0 Å². The minimum Gasteiger partial charge on any atom is -0.0652 e. The molecule has 120 valence electrons. The van der Waals surface area contributed by atoms with E-state index in [1.807, 2.05) is 0 Å². The Bertz CT molecular complexity index is 344. The summed E-state index contributed by atoms with van der Waals surface area (Å²) in [5.41, 5.74) is 2.98. The molecular weight excluding hydrogens is 271 g/mol. The maximum atomic E-state index is 2.38. The molecule has 1 aromatic carbocycles. The summed E-state index contributed by atoms with van der Waals surface area (Å²) in [5.74, 6) is 0. The molecule has 21 heavy (non-hydrogen) atoms. The highest BCUT2D eigenvalue weighted by atomic mass is 31.2. The zero-order chi connectivity index (χ0) is 15.6. The van der Waals surface area contributed by atoms with E-state index in [2.05, 4.69) is 52.0 Å². The summed E-state index contributed by atoms with van der Waals surface area (Å²) < 4.78 is 0. The van der Waals surface area contributed by atoms with Crippen LogP contribution in [0.2, 0.25) is 0 Å². The highest BCUT2D eigenvalue weighted by molar-refractivity contribution is 7.75. The predicted octanol–water partition coefficient (Wildman–Crippen LogP) is 6.91. The molecule has 0 atom stereocenters. The van der Waals surface area contributed by atoms with E-state index in [-0.39, 0.29) is 0 Å². The van der Waals surface area contributed by atoms with Gasteiger partial charge in [0.2, 0.25) is 0 Å². The van der Waals surface area contributed by atoms with Gasteiger partial charge in [0.05, 0.1) is 24.6 Å². The van der Waals surface area contributed by atoms with Crippen molar-refractivity contribution >= 4 is 7.26 Å². The molecule has 0 aromatic heterocycles. The molecule has 0 aliphatic heterocycles. The third-order valence-corrected chi connectivity index (χ3v) is 9.43. The minimum absolute atomic E-state index is 0.783. The van der Waals surface area contributed by atoms with Gasteiger partial charge in [0, 0.05) is 7.26 Å². The third kappa shape index (κ3) is 6.96. The molecule has 0 N–H and O–H groups in total. The molecule has 1 aromatic rings. The second kappa shape index (κ2) is 10.4. The van der Waals surface area contributed by atoms with Gasteiger partial charge in [-0.1, -0.05) is 69.9 Å². The van der Waals surface area contributed by atoms with E-state index in [0.717, 1.165) is 0 Å². The summed E-state index contributed by atoms with van der Waals surface area (Å²) >= 11 is 0. The maximum Gasteiger partial charge on any atom is 0.0842 e. The van der Waals surface area contributed by atoms with Crippen molar-refractivity contribution in [2.75, 3.05) is 18.5 Å². The summed E-state index contributed by atoms with van der Waals surface area (Å²) in [6, 6.07) is 9.36. The molecule has 0 bridgehead atoms. The summed E-state index contributed by atoms with van der Waals surface area (Å²) in [4.78, 5) is 0. The van der Waals surface area contributed by atoms with Crippen LogP contribution >= 0.6 is 7.26 Å². The number of aryl methyl sites for hydroxylation is 1. The average molecular weight is 307 g/mol. The van der Waals surface area contributed by atoms with E-state index in [0.29, 0.717) is 0 Å². The van der Waals surface area contributed by atoms with Gasteiger partial charge in [-0.15, -0.1) is 0 Å². The molecule has 1 heteroatoms. The Balaban J connectivity index is 2.85. The second-order valence-electron chi connectivity index (χ2n) is 6.72. The van der Waals surface area contributed by atoms with Crippen LogP contribution in [-0.4, -0.2) is 18.5 Å². The minimum atomic E-state index is -0.783. The fourth-order valence-electron chi connectivity index (χ4n) is 3.13. The van der Waals surface area contributed by atoms with E-state index in [1.165, 1.54) is 68.7 Å². The number of hydrogen-bond acceptors (Lipinski definition) is 0. The largest absolute Gasteiger partial charge is 0.0842 e. The van der Waals surface area contributed by atoms with Crippen molar-refractivity contribution in [1.29, 1.82) is 0 Å². The van der Waals surface area contributed by atoms with Crippen LogP contribution in [-0.2, 0) is 6.16 Å². The first kappa shape index (κ1) is 18.7. The smallest absolute Gasteiger partial charge is 0.0652 e. The Morgan fingerprint density at radius 1 is 0.714 bits per heavy atom. The first-order valence-corrected chi connectivity index (χ1v) is 11.6. The van der Waals surface area contributed by atoms with E-state index < -0.39 is 7.26 Å². The van der Waals surface area contributed by atoms with E-state index in [9.17, 15) is 0 Å². The summed E-state index contributed by atoms with van der Waals surface area (Å²) in [5, 5.41) is 0. The van der Waals surface area contributed by atoms with E-state index >= 15 is 0 Å². The molecule has 0 amide bonds. The molecule has 0 heterocycles. The van der Waals surface area contributed by atoms with Gasteiger partial charge < -0.3 is 0 Å². The fraction of sp³-hybridized carbons (Fsp3) is 0.700. The van der Waals surface area contributed by atoms with Crippen molar-refractivity contribution in [1.82, 2.24) is 0 Å². The van der Waals surface area contributed by atoms with Crippen molar-refractivity contribution in [3.8, 4) is 0 Å². The molecule has 0 aliphatic rings. The number of hydrogen-bond donors (Lipinski definition) is 0. The first-order chi connectivity index (χ1) is 10.2. The lowest BCUT2D eigenvalue weighted by Gasteiger charge is -2.28. The van der Waals surface area contributed by atoms with Gasteiger partial charge in [0.1, 0.15) is 0 Å².